The summed E-state index contributed by atoms with van der Waals surface area (Å²) in [6.45, 7) is 11.2. The molecule has 0 aliphatic heterocycles. The molecule has 2 aromatic carbocycles. The van der Waals surface area contributed by atoms with Crippen molar-refractivity contribution >= 4 is 146 Å². The number of thioether (sulfide) groups is 1. The van der Waals surface area contributed by atoms with Gasteiger partial charge in [-0.3, -0.25) is 103 Å². The van der Waals surface area contributed by atoms with Crippen molar-refractivity contribution in [2.75, 3.05) is 77.9 Å². The number of hydrogen-bond acceptors (Lipinski definition) is 28. The van der Waals surface area contributed by atoms with Crippen LogP contribution in [0.1, 0.15) is 201 Å². The first-order valence-corrected chi connectivity index (χ1v) is 48.5. The highest BCUT2D eigenvalue weighted by molar-refractivity contribution is 7.98. The number of fused-ring (bicyclic) bond motifs is 1. The zero-order valence-corrected chi connectivity index (χ0v) is 81.2. The normalized spacial score (nSPS) is 15.2. The van der Waals surface area contributed by atoms with E-state index in [-0.39, 0.29) is 192 Å². The molecule has 3 aromatic rings. The van der Waals surface area contributed by atoms with Crippen molar-refractivity contribution < 1.29 is 121 Å². The Balaban J connectivity index is 1.51. The monoisotopic (exact) mass is 1960 g/mol. The molecule has 43 heteroatoms. The zero-order chi connectivity index (χ0) is 103. The summed E-state index contributed by atoms with van der Waals surface area (Å²) in [6.07, 6.45) is -3.93. The van der Waals surface area contributed by atoms with Gasteiger partial charge in [-0.1, -0.05) is 96.5 Å². The fourth-order valence-corrected chi connectivity index (χ4v) is 16.2. The number of guanidine groups is 3. The molecule has 0 spiro atoms. The molecule has 0 bridgehead atoms. The first-order chi connectivity index (χ1) is 65.5. The maximum absolute atomic E-state index is 15.2. The van der Waals surface area contributed by atoms with Gasteiger partial charge in [-0.05, 0) is 112 Å². The van der Waals surface area contributed by atoms with Crippen LogP contribution in [0.5, 0.6) is 0 Å². The maximum atomic E-state index is 15.2. The van der Waals surface area contributed by atoms with Gasteiger partial charge in [0.25, 0.3) is 0 Å². The molecule has 1 fully saturated rings. The molecule has 1 aliphatic rings. The average molecular weight is 1960 g/mol. The number of rotatable bonds is 74. The number of H-pyrrole nitrogens is 1. The SMILES string of the molecule is CC[C@H](C)[C@H](CC(=O)[C@@H](NC(=O)[C@@H](CC(=O)[C@H](CCCNC(=N)N)NC(=O)[C@@H](CC(=O)[C@H](CC(C)C)NC(=O)[C@H](CCSC)CC(=O)[C@H](CCCNC(=N)N)NC(=O)CCC(=O)CCOCCOCCOCCC(=O)OC1C(=O)CCC1=O)Cc1ccccc1)C(C)C)[C@@H](C)O)C(=O)N[C@@H](CC(=O)O)C(=O)C[C@@H](CO)C(=O)N[C@@H](Cc1c[nH]c2ccccc12)C(=O)C[C@@H](CCCNC(=N)N)C(N)=O. The van der Waals surface area contributed by atoms with Crippen LogP contribution in [-0.2, 0) is 118 Å². The Bertz CT molecular complexity index is 4570. The van der Waals surface area contributed by atoms with Gasteiger partial charge in [0.05, 0.1) is 101 Å². The number of aromatic amines is 1. The van der Waals surface area contributed by atoms with Gasteiger partial charge in [0.1, 0.15) is 11.8 Å². The number of aliphatic hydroxyl groups is 2. The number of ketones is 9. The quantitative estimate of drug-likeness (QED) is 0.0126. The number of aromatic nitrogens is 1. The lowest BCUT2D eigenvalue weighted by Crippen LogP contribution is -2.53. The fourth-order valence-electron chi connectivity index (χ4n) is 15.6. The molecule has 766 valence electrons. The van der Waals surface area contributed by atoms with Crippen LogP contribution in [-0.4, -0.2) is 270 Å². The Morgan fingerprint density at radius 3 is 1.54 bits per heavy atom. The van der Waals surface area contributed by atoms with Crippen molar-refractivity contribution in [3.05, 3.63) is 71.9 Å². The van der Waals surface area contributed by atoms with Crippen molar-refractivity contribution in [1.29, 1.82) is 16.2 Å². The van der Waals surface area contributed by atoms with Crippen LogP contribution in [0.2, 0.25) is 0 Å². The van der Waals surface area contributed by atoms with Gasteiger partial charge < -0.3 is 110 Å². The molecule has 42 nitrogen and oxygen atoms in total. The van der Waals surface area contributed by atoms with Crippen molar-refractivity contribution in [3.63, 3.8) is 0 Å². The van der Waals surface area contributed by atoms with Crippen LogP contribution in [0.25, 0.3) is 10.9 Å². The van der Waals surface area contributed by atoms with E-state index in [1.54, 1.807) is 94.7 Å². The van der Waals surface area contributed by atoms with Crippen LogP contribution in [0.3, 0.4) is 0 Å². The second kappa shape index (κ2) is 63.6. The molecule has 138 heavy (non-hydrogen) atoms. The first kappa shape index (κ1) is 119. The maximum Gasteiger partial charge on any atom is 0.309 e. The lowest BCUT2D eigenvalue weighted by Gasteiger charge is -2.29. The lowest BCUT2D eigenvalue weighted by molar-refractivity contribution is -0.158. The minimum atomic E-state index is -1.88. The Kier molecular flexibility index (Phi) is 54.7. The number of nitrogens with two attached hydrogens (primary N) is 4. The highest BCUT2D eigenvalue weighted by Crippen LogP contribution is 2.28. The number of primary amides is 1. The molecular formula is C95H145N17O25S. The molecule has 14 atom stereocenters. The number of carbonyl (C=O) groups is 18. The van der Waals surface area contributed by atoms with E-state index in [9.17, 15) is 87.2 Å². The molecule has 24 N–H and O–H groups in total. The summed E-state index contributed by atoms with van der Waals surface area (Å²) >= 11 is 1.39. The number of esters is 1. The molecule has 0 radical (unpaired) electrons. The number of carboxylic acids is 1. The van der Waals surface area contributed by atoms with E-state index in [4.69, 9.17) is 58.1 Å². The van der Waals surface area contributed by atoms with Crippen molar-refractivity contribution in [3.8, 4) is 0 Å². The largest absolute Gasteiger partial charge is 0.481 e. The molecular weight excluding hydrogens is 1810 g/mol. The summed E-state index contributed by atoms with van der Waals surface area (Å²) in [6, 6.07) is 6.91. The second-order valence-electron chi connectivity index (χ2n) is 35.7. The third kappa shape index (κ3) is 44.8. The third-order valence-electron chi connectivity index (χ3n) is 23.8. The number of Topliss-reactive ketones (excluding diaryl/α,β-unsaturated/α-hetero) is 9. The highest BCUT2D eigenvalue weighted by Gasteiger charge is 2.42. The zero-order valence-electron chi connectivity index (χ0n) is 80.4. The van der Waals surface area contributed by atoms with Gasteiger partial charge in [-0.25, -0.2) is 0 Å². The number of nitrogens with one attached hydrogen (secondary N) is 13. The predicted molar refractivity (Wildman–Crippen MR) is 512 cm³/mol. The van der Waals surface area contributed by atoms with E-state index >= 15 is 14.4 Å². The van der Waals surface area contributed by atoms with Gasteiger partial charge >= 0.3 is 11.9 Å². The lowest BCUT2D eigenvalue weighted by atomic mass is 9.83. The van der Waals surface area contributed by atoms with Crippen LogP contribution in [0, 0.1) is 69.5 Å². The molecule has 4 rings (SSSR count). The smallest absolute Gasteiger partial charge is 0.309 e. The highest BCUT2D eigenvalue weighted by atomic mass is 32.2. The van der Waals surface area contributed by atoms with Gasteiger partial charge in [0, 0.05) is 143 Å². The predicted octanol–water partition coefficient (Wildman–Crippen LogP) is 1.96. The van der Waals surface area contributed by atoms with E-state index < -0.39 is 253 Å². The van der Waals surface area contributed by atoms with Gasteiger partial charge in [-0.2, -0.15) is 11.8 Å². The Hall–Kier alpha value is -11.8. The van der Waals surface area contributed by atoms with Crippen molar-refractivity contribution in [1.82, 2.24) is 52.8 Å². The standard InChI is InChI=1S/C95H145N17O25S/c1-9-56(6)67(92(133)111-73(51-83(125)126)79(121)48-63(53-113)90(131)110-72(44-62-52-106-68-22-14-13-21-65(62)68)77(119)45-59(87(96)128)20-15-32-103-93(97)98)50-81(123)85(57(7)114)112-91(132)66(55(4)5)49-80(122)70(24-17-34-105-95(101)102)108-89(130)61(43-58-18-11-10-12-19-58)47-78(120)71(42-54(2)3)109-88(129)60(31-41-138-8)46-76(118)69(23-16-33-104-94(99)100)107-82(124)28-25-64(115)29-35-134-37-39-136-40-38-135-36-30-84(127)137-86-74(116)26-27-75(86)117/h10-14,18-19,21-22,52,54-57,59-61,63,66-67,69-73,85-86,106,113-114H,9,15-17,20,23-51,53H2,1-8H3,(H2,96,128)(H,107,124)(H,108,130)(H,109,129)(H,110,131)(H,111,133)(H,112,132)(H,125,126)(H4,97,98,103)(H4,99,100,104)(H4,101,102,105)/t56-,57+,59+,60+,61+,63-,66-,67-,69-,70-,71-,72-,73-,85-/m0/s1. The van der Waals surface area contributed by atoms with E-state index in [0.717, 1.165) is 0 Å². The van der Waals surface area contributed by atoms with Crippen molar-refractivity contribution in [2.45, 2.75) is 251 Å². The summed E-state index contributed by atoms with van der Waals surface area (Å²) in [7, 11) is 0. The number of carboxylic acid groups (broad SMARTS) is 1. The molecule has 0 unspecified atom stereocenters. The minimum Gasteiger partial charge on any atom is -0.481 e. The molecule has 0 saturated heterocycles. The van der Waals surface area contributed by atoms with Gasteiger partial charge in [0.15, 0.2) is 64.1 Å². The molecule has 1 aromatic heterocycles. The number of aliphatic hydroxyl groups excluding tert-OH is 2. The molecule has 7 amide bonds. The number of carbonyl (C=O) groups excluding carboxylic acids is 17. The Morgan fingerprint density at radius 1 is 0.500 bits per heavy atom. The minimum absolute atomic E-state index is 0.0136. The second-order valence-corrected chi connectivity index (χ2v) is 36.7. The van der Waals surface area contributed by atoms with E-state index in [1.807, 2.05) is 13.8 Å². The number of para-hydroxylation sites is 1. The van der Waals surface area contributed by atoms with Crippen LogP contribution in [0.4, 0.5) is 0 Å². The van der Waals surface area contributed by atoms with Crippen LogP contribution < -0.4 is 70.8 Å². The molecule has 1 saturated carbocycles. The van der Waals surface area contributed by atoms with Gasteiger partial charge in [-0.15, -0.1) is 0 Å². The molecule has 1 heterocycles. The Labute approximate surface area is 808 Å². The number of ether oxygens (including phenoxy) is 4. The molecule has 1 aliphatic carbocycles. The number of amides is 7. The summed E-state index contributed by atoms with van der Waals surface area (Å²) in [5, 5.41) is 79.7. The topological polar surface area (TPSA) is 705 Å². The number of hydrogen-bond donors (Lipinski definition) is 20. The van der Waals surface area contributed by atoms with Crippen LogP contribution >= 0.6 is 11.8 Å². The van der Waals surface area contributed by atoms with E-state index in [2.05, 4.69) is 52.8 Å². The van der Waals surface area contributed by atoms with Crippen molar-refractivity contribution in [2.24, 2.45) is 76.2 Å². The number of benzene rings is 2. The van der Waals surface area contributed by atoms with E-state index in [0.29, 0.717) is 27.8 Å². The van der Waals surface area contributed by atoms with Crippen LogP contribution in [0.15, 0.2) is 60.8 Å². The average Bonchev–Trinajstić information content (AvgIpc) is 1.53. The summed E-state index contributed by atoms with van der Waals surface area (Å²) in [4.78, 5) is 252. The third-order valence-corrected chi connectivity index (χ3v) is 24.5. The summed E-state index contributed by atoms with van der Waals surface area (Å²) in [5.41, 5.74) is 24.1. The number of aliphatic carboxylic acids is 1. The first-order valence-electron chi connectivity index (χ1n) is 47.1. The van der Waals surface area contributed by atoms with Gasteiger partial charge in [0.2, 0.25) is 47.5 Å². The summed E-state index contributed by atoms with van der Waals surface area (Å²) < 4.78 is 21.3. The van der Waals surface area contributed by atoms with E-state index in [1.165, 1.54) is 18.7 Å². The Morgan fingerprint density at radius 2 is 0.978 bits per heavy atom. The fraction of sp³-hybridized carbons (Fsp3) is 0.632. The summed E-state index contributed by atoms with van der Waals surface area (Å²) in [5.74, 6) is -23.6.